The number of halogens is 2. The Kier molecular flexibility index (Phi) is 4.55. The summed E-state index contributed by atoms with van der Waals surface area (Å²) in [5.41, 5.74) is 4.78. The molecule has 0 bridgehead atoms. The normalized spacial score (nSPS) is 17.2. The number of hydrogen-bond acceptors (Lipinski definition) is 4. The van der Waals surface area contributed by atoms with Gasteiger partial charge in [0.25, 0.3) is 0 Å². The molecule has 1 atom stereocenters. The van der Waals surface area contributed by atoms with E-state index in [1.54, 1.807) is 12.5 Å². The highest BCUT2D eigenvalue weighted by atomic mass is 79.9. The molecule has 2 heterocycles. The lowest BCUT2D eigenvalue weighted by Gasteiger charge is -2.23. The second-order valence-corrected chi connectivity index (χ2v) is 5.56. The fraction of sp³-hybridized carbons (Fsp3) is 0.364. The summed E-state index contributed by atoms with van der Waals surface area (Å²) in [6.07, 6.45) is 5.52. The van der Waals surface area contributed by atoms with Crippen molar-refractivity contribution in [3.05, 3.63) is 38.7 Å². The molecule has 0 aliphatic carbocycles. The second kappa shape index (κ2) is 5.95. The minimum atomic E-state index is -0.113. The molecular formula is C11H13Br2N3O. The zero-order valence-corrected chi connectivity index (χ0v) is 12.3. The van der Waals surface area contributed by atoms with Crippen LogP contribution in [0.1, 0.15) is 24.6 Å². The number of hydrazine groups is 1. The van der Waals surface area contributed by atoms with Crippen molar-refractivity contribution in [1.82, 2.24) is 10.4 Å². The van der Waals surface area contributed by atoms with Crippen LogP contribution in [-0.2, 0) is 4.74 Å². The van der Waals surface area contributed by atoms with Gasteiger partial charge in [0.15, 0.2) is 0 Å². The molecule has 1 unspecified atom stereocenters. The third kappa shape index (κ3) is 3.07. The van der Waals surface area contributed by atoms with Crippen molar-refractivity contribution in [3.8, 4) is 0 Å². The highest BCUT2D eigenvalue weighted by Crippen LogP contribution is 2.31. The van der Waals surface area contributed by atoms with E-state index < -0.39 is 0 Å². The summed E-state index contributed by atoms with van der Waals surface area (Å²) in [7, 11) is 0. The molecule has 0 saturated carbocycles. The van der Waals surface area contributed by atoms with E-state index in [0.717, 1.165) is 39.7 Å². The van der Waals surface area contributed by atoms with Crippen molar-refractivity contribution in [1.29, 1.82) is 0 Å². The standard InChI is InChI=1S/C11H13Br2N3O/c12-8-4-9(13)11(15-5-8)10(16-14)7-2-1-3-17-6-7/h4-6,10,16H,1-3,14H2. The van der Waals surface area contributed by atoms with Gasteiger partial charge in [-0.15, -0.1) is 0 Å². The molecule has 0 aromatic carbocycles. The van der Waals surface area contributed by atoms with Crippen molar-refractivity contribution in [2.75, 3.05) is 6.61 Å². The lowest BCUT2D eigenvalue weighted by atomic mass is 9.99. The smallest absolute Gasteiger partial charge is 0.0885 e. The summed E-state index contributed by atoms with van der Waals surface area (Å²) in [4.78, 5) is 4.39. The largest absolute Gasteiger partial charge is 0.501 e. The molecule has 0 saturated heterocycles. The van der Waals surface area contributed by atoms with Gasteiger partial charge in [0.05, 0.1) is 24.6 Å². The van der Waals surface area contributed by atoms with E-state index in [-0.39, 0.29) is 6.04 Å². The van der Waals surface area contributed by atoms with Gasteiger partial charge in [-0.1, -0.05) is 0 Å². The Morgan fingerprint density at radius 3 is 2.88 bits per heavy atom. The molecule has 1 aromatic rings. The van der Waals surface area contributed by atoms with Gasteiger partial charge < -0.3 is 4.74 Å². The molecule has 17 heavy (non-hydrogen) atoms. The van der Waals surface area contributed by atoms with Gasteiger partial charge in [-0.2, -0.15) is 0 Å². The molecule has 92 valence electrons. The monoisotopic (exact) mass is 361 g/mol. The molecule has 1 aromatic heterocycles. The third-order valence-electron chi connectivity index (χ3n) is 2.61. The molecule has 0 amide bonds. The fourth-order valence-corrected chi connectivity index (χ4v) is 3.01. The Hall–Kier alpha value is -0.430. The van der Waals surface area contributed by atoms with Crippen LogP contribution in [-0.4, -0.2) is 11.6 Å². The zero-order chi connectivity index (χ0) is 12.3. The van der Waals surface area contributed by atoms with E-state index in [0.29, 0.717) is 0 Å². The first-order valence-corrected chi connectivity index (χ1v) is 6.88. The van der Waals surface area contributed by atoms with E-state index in [2.05, 4.69) is 42.3 Å². The molecule has 6 heteroatoms. The van der Waals surface area contributed by atoms with Crippen LogP contribution in [0.15, 0.2) is 33.0 Å². The Labute approximate surface area is 117 Å². The molecule has 1 aliphatic heterocycles. The van der Waals surface area contributed by atoms with E-state index in [9.17, 15) is 0 Å². The van der Waals surface area contributed by atoms with Crippen LogP contribution in [0.5, 0.6) is 0 Å². The van der Waals surface area contributed by atoms with E-state index in [4.69, 9.17) is 10.6 Å². The highest BCUT2D eigenvalue weighted by Gasteiger charge is 2.21. The van der Waals surface area contributed by atoms with Gasteiger partial charge >= 0.3 is 0 Å². The van der Waals surface area contributed by atoms with Gasteiger partial charge in [0, 0.05) is 15.1 Å². The average molecular weight is 363 g/mol. The van der Waals surface area contributed by atoms with Gasteiger partial charge in [-0.25, -0.2) is 5.43 Å². The highest BCUT2D eigenvalue weighted by molar-refractivity contribution is 9.11. The Balaban J connectivity index is 2.31. The summed E-state index contributed by atoms with van der Waals surface area (Å²) in [5, 5.41) is 0. The number of rotatable bonds is 3. The summed E-state index contributed by atoms with van der Waals surface area (Å²) in [6, 6.07) is 1.84. The number of nitrogens with zero attached hydrogens (tertiary/aromatic N) is 1. The van der Waals surface area contributed by atoms with Crippen molar-refractivity contribution in [2.24, 2.45) is 5.84 Å². The minimum Gasteiger partial charge on any atom is -0.501 e. The van der Waals surface area contributed by atoms with E-state index >= 15 is 0 Å². The van der Waals surface area contributed by atoms with E-state index in [1.807, 2.05) is 6.07 Å². The number of pyridine rings is 1. The van der Waals surface area contributed by atoms with Gasteiger partial charge in [-0.05, 0) is 56.3 Å². The fourth-order valence-electron chi connectivity index (χ4n) is 1.80. The first-order valence-electron chi connectivity index (χ1n) is 5.30. The SMILES string of the molecule is NNC(C1=COCCC1)c1ncc(Br)cc1Br. The predicted octanol–water partition coefficient (Wildman–Crippen LogP) is 2.81. The molecule has 4 nitrogen and oxygen atoms in total. The Morgan fingerprint density at radius 1 is 1.47 bits per heavy atom. The Bertz CT molecular complexity index is 437. The van der Waals surface area contributed by atoms with Crippen LogP contribution in [0.25, 0.3) is 0 Å². The first kappa shape index (κ1) is 13.0. The minimum absolute atomic E-state index is 0.113. The van der Waals surface area contributed by atoms with Crippen LogP contribution < -0.4 is 11.3 Å². The molecular weight excluding hydrogens is 350 g/mol. The third-order valence-corrected chi connectivity index (χ3v) is 3.68. The first-order chi connectivity index (χ1) is 8.22. The van der Waals surface area contributed by atoms with Crippen molar-refractivity contribution >= 4 is 31.9 Å². The number of nitrogens with one attached hydrogen (secondary N) is 1. The van der Waals surface area contributed by atoms with Crippen molar-refractivity contribution in [2.45, 2.75) is 18.9 Å². The number of aromatic nitrogens is 1. The van der Waals surface area contributed by atoms with Crippen molar-refractivity contribution < 1.29 is 4.74 Å². The number of nitrogens with two attached hydrogens (primary N) is 1. The molecule has 1 aliphatic rings. The zero-order valence-electron chi connectivity index (χ0n) is 9.12. The van der Waals surface area contributed by atoms with Gasteiger partial charge in [0.1, 0.15) is 0 Å². The average Bonchev–Trinajstić information content (AvgIpc) is 2.34. The van der Waals surface area contributed by atoms with Crippen molar-refractivity contribution in [3.63, 3.8) is 0 Å². The quantitative estimate of drug-likeness (QED) is 0.641. The molecule has 0 fully saturated rings. The molecule has 3 N–H and O–H groups in total. The molecule has 0 spiro atoms. The van der Waals surface area contributed by atoms with Crippen LogP contribution in [0.3, 0.4) is 0 Å². The van der Waals surface area contributed by atoms with Gasteiger partial charge in [0.2, 0.25) is 0 Å². The number of ether oxygens (including phenoxy) is 1. The summed E-state index contributed by atoms with van der Waals surface area (Å²) in [5.74, 6) is 5.62. The maximum Gasteiger partial charge on any atom is 0.0885 e. The summed E-state index contributed by atoms with van der Waals surface area (Å²) < 4.78 is 7.19. The summed E-state index contributed by atoms with van der Waals surface area (Å²) >= 11 is 6.88. The van der Waals surface area contributed by atoms with E-state index in [1.165, 1.54) is 0 Å². The second-order valence-electron chi connectivity index (χ2n) is 3.79. The topological polar surface area (TPSA) is 60.2 Å². The predicted molar refractivity (Wildman–Crippen MR) is 73.0 cm³/mol. The van der Waals surface area contributed by atoms with Crippen LogP contribution in [0.2, 0.25) is 0 Å². The van der Waals surface area contributed by atoms with Crippen LogP contribution in [0, 0.1) is 0 Å². The van der Waals surface area contributed by atoms with Crippen LogP contribution >= 0.6 is 31.9 Å². The maximum atomic E-state index is 5.62. The molecule has 2 rings (SSSR count). The summed E-state index contributed by atoms with van der Waals surface area (Å²) in [6.45, 7) is 0.774. The number of hydrogen-bond donors (Lipinski definition) is 2. The molecule has 0 radical (unpaired) electrons. The van der Waals surface area contributed by atoms with Crippen LogP contribution in [0.4, 0.5) is 0 Å². The lowest BCUT2D eigenvalue weighted by molar-refractivity contribution is 0.219. The maximum absolute atomic E-state index is 5.62. The Morgan fingerprint density at radius 2 is 2.29 bits per heavy atom. The van der Waals surface area contributed by atoms with Gasteiger partial charge in [-0.3, -0.25) is 10.8 Å². The lowest BCUT2D eigenvalue weighted by Crippen LogP contribution is -2.31.